The Kier molecular flexibility index (Phi) is 6.91. The average molecular weight is 383 g/mol. The number of amides is 1. The Morgan fingerprint density at radius 1 is 1.07 bits per heavy atom. The minimum absolute atomic E-state index is 0.202. The first-order valence-electron chi connectivity index (χ1n) is 9.42. The number of ether oxygens (including phenoxy) is 1. The highest BCUT2D eigenvalue weighted by Crippen LogP contribution is 2.15. The van der Waals surface area contributed by atoms with Crippen LogP contribution in [-0.2, 0) is 14.3 Å². The Bertz CT molecular complexity index is 764. The SMILES string of the molecule is CCOC(=O)C(NC(=O)CN1CCN(c2ncccn2)CC1)c1ccccc1. The van der Waals surface area contributed by atoms with Crippen molar-refractivity contribution in [3.8, 4) is 0 Å². The molecule has 1 aliphatic heterocycles. The highest BCUT2D eigenvalue weighted by atomic mass is 16.5. The van der Waals surface area contributed by atoms with Crippen LogP contribution < -0.4 is 10.2 Å². The third-order valence-corrected chi connectivity index (χ3v) is 4.54. The molecule has 1 saturated heterocycles. The fourth-order valence-corrected chi connectivity index (χ4v) is 3.12. The van der Waals surface area contributed by atoms with Crippen molar-refractivity contribution in [3.63, 3.8) is 0 Å². The summed E-state index contributed by atoms with van der Waals surface area (Å²) in [5.74, 6) is 0.0532. The van der Waals surface area contributed by atoms with E-state index in [-0.39, 0.29) is 19.1 Å². The smallest absolute Gasteiger partial charge is 0.333 e. The largest absolute Gasteiger partial charge is 0.464 e. The molecule has 1 aromatic carbocycles. The van der Waals surface area contributed by atoms with Crippen molar-refractivity contribution in [2.24, 2.45) is 0 Å². The van der Waals surface area contributed by atoms with Gasteiger partial charge in [-0.3, -0.25) is 9.69 Å². The van der Waals surface area contributed by atoms with Gasteiger partial charge < -0.3 is 15.0 Å². The number of aromatic nitrogens is 2. The molecule has 0 spiro atoms. The molecule has 8 heteroatoms. The van der Waals surface area contributed by atoms with Crippen molar-refractivity contribution < 1.29 is 14.3 Å². The van der Waals surface area contributed by atoms with Crippen LogP contribution in [0.2, 0.25) is 0 Å². The number of hydrogen-bond donors (Lipinski definition) is 1. The molecule has 1 unspecified atom stereocenters. The van der Waals surface area contributed by atoms with Gasteiger partial charge in [-0.1, -0.05) is 30.3 Å². The topological polar surface area (TPSA) is 87.7 Å². The molecule has 1 aromatic heterocycles. The monoisotopic (exact) mass is 383 g/mol. The summed E-state index contributed by atoms with van der Waals surface area (Å²) in [5, 5.41) is 2.81. The number of anilines is 1. The van der Waals surface area contributed by atoms with E-state index in [9.17, 15) is 9.59 Å². The van der Waals surface area contributed by atoms with Crippen LogP contribution in [0.5, 0.6) is 0 Å². The molecule has 28 heavy (non-hydrogen) atoms. The second-order valence-corrected chi connectivity index (χ2v) is 6.48. The van der Waals surface area contributed by atoms with Crippen molar-refractivity contribution >= 4 is 17.8 Å². The molecule has 0 aliphatic carbocycles. The summed E-state index contributed by atoms with van der Waals surface area (Å²) in [4.78, 5) is 37.5. The van der Waals surface area contributed by atoms with Gasteiger partial charge in [-0.15, -0.1) is 0 Å². The van der Waals surface area contributed by atoms with Crippen LogP contribution in [0.4, 0.5) is 5.95 Å². The molecule has 148 valence electrons. The number of rotatable bonds is 7. The number of piperazine rings is 1. The minimum Gasteiger partial charge on any atom is -0.464 e. The predicted molar refractivity (Wildman–Crippen MR) is 105 cm³/mol. The minimum atomic E-state index is -0.798. The molecule has 2 aromatic rings. The first kappa shape index (κ1) is 19.8. The zero-order chi connectivity index (χ0) is 19.8. The van der Waals surface area contributed by atoms with E-state index < -0.39 is 12.0 Å². The number of hydrogen-bond acceptors (Lipinski definition) is 7. The Hall–Kier alpha value is -3.00. The standard InChI is InChI=1S/C20H25N5O3/c1-2-28-19(27)18(16-7-4-3-5-8-16)23-17(26)15-24-11-13-25(14-12-24)20-21-9-6-10-22-20/h3-10,18H,2,11-15H2,1H3,(H,23,26). The molecule has 1 fully saturated rings. The highest BCUT2D eigenvalue weighted by molar-refractivity contribution is 5.86. The van der Waals surface area contributed by atoms with Gasteiger partial charge >= 0.3 is 5.97 Å². The molecule has 1 atom stereocenters. The van der Waals surface area contributed by atoms with Crippen molar-refractivity contribution in [1.82, 2.24) is 20.2 Å². The number of nitrogens with one attached hydrogen (secondary N) is 1. The van der Waals surface area contributed by atoms with E-state index in [4.69, 9.17) is 4.74 Å². The van der Waals surface area contributed by atoms with Crippen molar-refractivity contribution in [2.45, 2.75) is 13.0 Å². The lowest BCUT2D eigenvalue weighted by Crippen LogP contribution is -2.50. The number of benzene rings is 1. The fraction of sp³-hybridized carbons (Fsp3) is 0.400. The van der Waals surface area contributed by atoms with E-state index in [1.807, 2.05) is 18.2 Å². The number of carbonyl (C=O) groups excluding carboxylic acids is 2. The lowest BCUT2D eigenvalue weighted by molar-refractivity contribution is -0.147. The Balaban J connectivity index is 1.54. The average Bonchev–Trinajstić information content (AvgIpc) is 2.74. The summed E-state index contributed by atoms with van der Waals surface area (Å²) in [7, 11) is 0. The first-order valence-corrected chi connectivity index (χ1v) is 9.42. The zero-order valence-corrected chi connectivity index (χ0v) is 16.0. The summed E-state index contributed by atoms with van der Waals surface area (Å²) in [6.07, 6.45) is 3.45. The van der Waals surface area contributed by atoms with Crippen molar-refractivity contribution in [1.29, 1.82) is 0 Å². The Morgan fingerprint density at radius 2 is 1.75 bits per heavy atom. The van der Waals surface area contributed by atoms with Crippen LogP contribution in [0.3, 0.4) is 0 Å². The van der Waals surface area contributed by atoms with Gasteiger partial charge in [0.1, 0.15) is 0 Å². The maximum absolute atomic E-state index is 12.6. The second kappa shape index (κ2) is 9.80. The summed E-state index contributed by atoms with van der Waals surface area (Å²) in [5.41, 5.74) is 0.709. The summed E-state index contributed by atoms with van der Waals surface area (Å²) >= 11 is 0. The third kappa shape index (κ3) is 5.26. The molecule has 1 N–H and O–H groups in total. The molecule has 1 aliphatic rings. The van der Waals surface area contributed by atoms with Gasteiger partial charge in [0.25, 0.3) is 0 Å². The lowest BCUT2D eigenvalue weighted by Gasteiger charge is -2.34. The quantitative estimate of drug-likeness (QED) is 0.714. The van der Waals surface area contributed by atoms with Gasteiger partial charge in [-0.2, -0.15) is 0 Å². The Labute approximate surface area is 164 Å². The van der Waals surface area contributed by atoms with Crippen LogP contribution >= 0.6 is 0 Å². The van der Waals surface area contributed by atoms with E-state index in [2.05, 4.69) is 25.1 Å². The van der Waals surface area contributed by atoms with Crippen LogP contribution in [-0.4, -0.2) is 66.1 Å². The van der Waals surface area contributed by atoms with Gasteiger partial charge in [0.2, 0.25) is 11.9 Å². The number of nitrogens with zero attached hydrogens (tertiary/aromatic N) is 4. The van der Waals surface area contributed by atoms with E-state index in [1.54, 1.807) is 37.5 Å². The van der Waals surface area contributed by atoms with E-state index >= 15 is 0 Å². The molecule has 0 saturated carbocycles. The third-order valence-electron chi connectivity index (χ3n) is 4.54. The molecule has 1 amide bonds. The van der Waals surface area contributed by atoms with Gasteiger partial charge in [0.15, 0.2) is 6.04 Å². The molecular formula is C20H25N5O3. The fourth-order valence-electron chi connectivity index (χ4n) is 3.12. The molecule has 3 rings (SSSR count). The van der Waals surface area contributed by atoms with Gasteiger partial charge in [-0.05, 0) is 18.6 Å². The first-order chi connectivity index (χ1) is 13.7. The van der Waals surface area contributed by atoms with Gasteiger partial charge in [-0.25, -0.2) is 14.8 Å². The van der Waals surface area contributed by atoms with Crippen LogP contribution in [0, 0.1) is 0 Å². The van der Waals surface area contributed by atoms with Crippen molar-refractivity contribution in [2.75, 3.05) is 44.2 Å². The summed E-state index contributed by atoms with van der Waals surface area (Å²) in [6.45, 7) is 5.18. The van der Waals surface area contributed by atoms with E-state index in [0.29, 0.717) is 11.5 Å². The lowest BCUT2D eigenvalue weighted by atomic mass is 10.1. The Morgan fingerprint density at radius 3 is 2.39 bits per heavy atom. The number of carbonyl (C=O) groups is 2. The normalized spacial score (nSPS) is 15.7. The van der Waals surface area contributed by atoms with Gasteiger partial charge in [0, 0.05) is 38.6 Å². The van der Waals surface area contributed by atoms with Crippen molar-refractivity contribution in [3.05, 3.63) is 54.4 Å². The molecule has 8 nitrogen and oxygen atoms in total. The summed E-state index contributed by atoms with van der Waals surface area (Å²) in [6, 6.07) is 10.1. The van der Waals surface area contributed by atoms with Crippen LogP contribution in [0.15, 0.2) is 48.8 Å². The van der Waals surface area contributed by atoms with E-state index in [0.717, 1.165) is 26.2 Å². The molecule has 0 radical (unpaired) electrons. The van der Waals surface area contributed by atoms with Gasteiger partial charge in [0.05, 0.1) is 13.2 Å². The second-order valence-electron chi connectivity index (χ2n) is 6.48. The molecule has 2 heterocycles. The number of esters is 1. The van der Waals surface area contributed by atoms with Crippen LogP contribution in [0.25, 0.3) is 0 Å². The summed E-state index contributed by atoms with van der Waals surface area (Å²) < 4.78 is 5.12. The maximum Gasteiger partial charge on any atom is 0.333 e. The zero-order valence-electron chi connectivity index (χ0n) is 16.0. The maximum atomic E-state index is 12.6. The highest BCUT2D eigenvalue weighted by Gasteiger charge is 2.26. The molecule has 0 bridgehead atoms. The van der Waals surface area contributed by atoms with Crippen LogP contribution in [0.1, 0.15) is 18.5 Å². The molecular weight excluding hydrogens is 358 g/mol. The van der Waals surface area contributed by atoms with E-state index in [1.165, 1.54) is 0 Å². The predicted octanol–water partition coefficient (Wildman–Crippen LogP) is 1.02.